The lowest BCUT2D eigenvalue weighted by Crippen LogP contribution is -2.54. The van der Waals surface area contributed by atoms with Crippen LogP contribution in [0.1, 0.15) is 19.3 Å². The van der Waals surface area contributed by atoms with Gasteiger partial charge in [-0.1, -0.05) is 0 Å². The standard InChI is InChI=1S/C15H20F2N4O/c1-19-7-5-13(18-19)21-6-2-3-12(14(21)22)20-8-4-10-11(9-20)15(10,16)17/h5,7,10-12H,2-4,6,8-9H2,1H3/t10-,11+,12-/m0/s1. The Morgan fingerprint density at radius 2 is 2.09 bits per heavy atom. The number of aryl methyl sites for hydroxylation is 1. The number of rotatable bonds is 2. The van der Waals surface area contributed by atoms with Crippen LogP contribution in [0.25, 0.3) is 0 Å². The van der Waals surface area contributed by atoms with E-state index in [1.807, 2.05) is 24.2 Å². The van der Waals surface area contributed by atoms with E-state index in [9.17, 15) is 13.6 Å². The molecule has 0 spiro atoms. The van der Waals surface area contributed by atoms with Crippen molar-refractivity contribution in [2.75, 3.05) is 24.5 Å². The first kappa shape index (κ1) is 14.1. The van der Waals surface area contributed by atoms with Crippen molar-refractivity contribution in [3.63, 3.8) is 0 Å². The number of anilines is 1. The number of piperidine rings is 2. The molecule has 1 saturated carbocycles. The highest BCUT2D eigenvalue weighted by molar-refractivity contribution is 5.97. The predicted octanol–water partition coefficient (Wildman–Crippen LogP) is 1.50. The Labute approximate surface area is 127 Å². The molecule has 1 aromatic rings. The maximum Gasteiger partial charge on any atom is 0.255 e. The zero-order valence-electron chi connectivity index (χ0n) is 12.6. The minimum absolute atomic E-state index is 0.00682. The quantitative estimate of drug-likeness (QED) is 0.831. The fraction of sp³-hybridized carbons (Fsp3) is 0.733. The molecule has 0 unspecified atom stereocenters. The maximum absolute atomic E-state index is 13.5. The molecule has 5 nitrogen and oxygen atoms in total. The van der Waals surface area contributed by atoms with Gasteiger partial charge in [-0.25, -0.2) is 8.78 Å². The maximum atomic E-state index is 13.5. The summed E-state index contributed by atoms with van der Waals surface area (Å²) in [5.41, 5.74) is 0. The Morgan fingerprint density at radius 1 is 1.27 bits per heavy atom. The highest BCUT2D eigenvalue weighted by atomic mass is 19.3. The summed E-state index contributed by atoms with van der Waals surface area (Å²) in [4.78, 5) is 16.4. The molecule has 7 heteroatoms. The third-order valence-corrected chi connectivity index (χ3v) is 5.35. The van der Waals surface area contributed by atoms with E-state index in [4.69, 9.17) is 0 Å². The van der Waals surface area contributed by atoms with Gasteiger partial charge in [0.2, 0.25) is 5.91 Å². The lowest BCUT2D eigenvalue weighted by molar-refractivity contribution is -0.126. The molecule has 2 saturated heterocycles. The zero-order chi connectivity index (χ0) is 15.5. The highest BCUT2D eigenvalue weighted by Crippen LogP contribution is 2.59. The van der Waals surface area contributed by atoms with Gasteiger partial charge in [0.15, 0.2) is 5.82 Å². The van der Waals surface area contributed by atoms with Crippen LogP contribution in [0.3, 0.4) is 0 Å². The van der Waals surface area contributed by atoms with Gasteiger partial charge in [0.25, 0.3) is 5.92 Å². The minimum atomic E-state index is -2.51. The molecule has 22 heavy (non-hydrogen) atoms. The molecule has 1 aromatic heterocycles. The van der Waals surface area contributed by atoms with E-state index in [0.717, 1.165) is 12.8 Å². The number of fused-ring (bicyclic) bond motifs is 1. The third-order valence-electron chi connectivity index (χ3n) is 5.35. The summed E-state index contributed by atoms with van der Waals surface area (Å²) >= 11 is 0. The molecular formula is C15H20F2N4O. The molecule has 3 fully saturated rings. The number of likely N-dealkylation sites (tertiary alicyclic amines) is 1. The van der Waals surface area contributed by atoms with Crippen molar-refractivity contribution in [3.8, 4) is 0 Å². The van der Waals surface area contributed by atoms with Gasteiger partial charge in [-0.2, -0.15) is 5.10 Å². The van der Waals surface area contributed by atoms with Crippen LogP contribution < -0.4 is 4.90 Å². The van der Waals surface area contributed by atoms with Crippen LogP contribution in [-0.2, 0) is 11.8 Å². The summed E-state index contributed by atoms with van der Waals surface area (Å²) < 4.78 is 28.8. The van der Waals surface area contributed by atoms with Crippen LogP contribution in [0, 0.1) is 11.8 Å². The molecule has 4 rings (SSSR count). The second kappa shape index (κ2) is 4.75. The second-order valence-electron chi connectivity index (χ2n) is 6.67. The molecule has 3 heterocycles. The summed E-state index contributed by atoms with van der Waals surface area (Å²) in [7, 11) is 1.81. The van der Waals surface area contributed by atoms with Crippen molar-refractivity contribution in [2.24, 2.45) is 18.9 Å². The van der Waals surface area contributed by atoms with Crippen LogP contribution in [0.15, 0.2) is 12.3 Å². The molecule has 0 bridgehead atoms. The first-order valence-corrected chi connectivity index (χ1v) is 7.91. The van der Waals surface area contributed by atoms with E-state index in [2.05, 4.69) is 5.10 Å². The Hall–Kier alpha value is -1.50. The van der Waals surface area contributed by atoms with E-state index in [0.29, 0.717) is 31.9 Å². The molecular weight excluding hydrogens is 290 g/mol. The summed E-state index contributed by atoms with van der Waals surface area (Å²) in [6.45, 7) is 1.61. The van der Waals surface area contributed by atoms with E-state index < -0.39 is 17.8 Å². The number of hydrogen-bond acceptors (Lipinski definition) is 3. The molecule has 0 aromatic carbocycles. The van der Waals surface area contributed by atoms with Crippen LogP contribution in [0.2, 0.25) is 0 Å². The number of halogens is 2. The van der Waals surface area contributed by atoms with Gasteiger partial charge in [-0.05, 0) is 25.8 Å². The van der Waals surface area contributed by atoms with Crippen molar-refractivity contribution < 1.29 is 13.6 Å². The first-order valence-electron chi connectivity index (χ1n) is 7.91. The smallest absolute Gasteiger partial charge is 0.255 e. The van der Waals surface area contributed by atoms with Crippen molar-refractivity contribution >= 4 is 11.7 Å². The number of hydrogen-bond donors (Lipinski definition) is 0. The van der Waals surface area contributed by atoms with Crippen LogP contribution >= 0.6 is 0 Å². The van der Waals surface area contributed by atoms with Crippen LogP contribution in [0.5, 0.6) is 0 Å². The van der Waals surface area contributed by atoms with Gasteiger partial charge in [0.1, 0.15) is 0 Å². The van der Waals surface area contributed by atoms with Crippen molar-refractivity contribution in [2.45, 2.75) is 31.2 Å². The number of aromatic nitrogens is 2. The molecule has 1 aliphatic carbocycles. The normalized spacial score (nSPS) is 34.6. The van der Waals surface area contributed by atoms with E-state index in [1.54, 1.807) is 9.58 Å². The largest absolute Gasteiger partial charge is 0.294 e. The monoisotopic (exact) mass is 310 g/mol. The van der Waals surface area contributed by atoms with Crippen LogP contribution in [0.4, 0.5) is 14.6 Å². The molecule has 120 valence electrons. The number of nitrogens with zero attached hydrogens (tertiary/aromatic N) is 4. The van der Waals surface area contributed by atoms with E-state index >= 15 is 0 Å². The van der Waals surface area contributed by atoms with Gasteiger partial charge < -0.3 is 0 Å². The number of carbonyl (C=O) groups is 1. The van der Waals surface area contributed by atoms with E-state index in [-0.39, 0.29) is 11.9 Å². The number of alkyl halides is 2. The number of amides is 1. The molecule has 1 amide bonds. The Morgan fingerprint density at radius 3 is 2.77 bits per heavy atom. The zero-order valence-corrected chi connectivity index (χ0v) is 12.6. The van der Waals surface area contributed by atoms with Crippen molar-refractivity contribution in [1.82, 2.24) is 14.7 Å². The fourth-order valence-corrected chi connectivity index (χ4v) is 4.00. The predicted molar refractivity (Wildman–Crippen MR) is 76.7 cm³/mol. The molecule has 3 aliphatic rings. The van der Waals surface area contributed by atoms with Gasteiger partial charge in [0, 0.05) is 44.2 Å². The fourth-order valence-electron chi connectivity index (χ4n) is 4.00. The average Bonchev–Trinajstić information content (AvgIpc) is 2.82. The SMILES string of the molecule is Cn1ccc(N2CCC[C@H](N3CC[C@H]4[C@@H](C3)C4(F)F)C2=O)n1. The van der Waals surface area contributed by atoms with Gasteiger partial charge in [0.05, 0.1) is 6.04 Å². The minimum Gasteiger partial charge on any atom is -0.294 e. The van der Waals surface area contributed by atoms with Crippen molar-refractivity contribution in [1.29, 1.82) is 0 Å². The lowest BCUT2D eigenvalue weighted by Gasteiger charge is -2.38. The van der Waals surface area contributed by atoms with Gasteiger partial charge in [-0.15, -0.1) is 0 Å². The Kier molecular flexibility index (Phi) is 3.04. The average molecular weight is 310 g/mol. The van der Waals surface area contributed by atoms with Gasteiger partial charge in [-0.3, -0.25) is 19.3 Å². The Bertz CT molecular complexity index is 602. The number of carbonyl (C=O) groups excluding carboxylic acids is 1. The lowest BCUT2D eigenvalue weighted by atomic mass is 10.00. The summed E-state index contributed by atoms with van der Waals surface area (Å²) in [6.07, 6.45) is 3.95. The molecule has 2 aliphatic heterocycles. The van der Waals surface area contributed by atoms with Crippen LogP contribution in [-0.4, -0.2) is 52.2 Å². The topological polar surface area (TPSA) is 41.4 Å². The third kappa shape index (κ3) is 2.06. The van der Waals surface area contributed by atoms with E-state index in [1.165, 1.54) is 0 Å². The summed E-state index contributed by atoms with van der Waals surface area (Å²) in [5.74, 6) is -2.84. The summed E-state index contributed by atoms with van der Waals surface area (Å²) in [5, 5.41) is 4.29. The van der Waals surface area contributed by atoms with Gasteiger partial charge >= 0.3 is 0 Å². The molecule has 0 N–H and O–H groups in total. The molecule has 3 atom stereocenters. The second-order valence-corrected chi connectivity index (χ2v) is 6.67. The molecule has 0 radical (unpaired) electrons. The Balaban J connectivity index is 1.49. The summed E-state index contributed by atoms with van der Waals surface area (Å²) in [6, 6.07) is 1.55. The highest BCUT2D eigenvalue weighted by Gasteiger charge is 2.69. The first-order chi connectivity index (χ1) is 10.5. The van der Waals surface area contributed by atoms with Crippen molar-refractivity contribution in [3.05, 3.63) is 12.3 Å².